The summed E-state index contributed by atoms with van der Waals surface area (Å²) >= 11 is 0. The molecule has 0 aliphatic carbocycles. The second-order valence-corrected chi connectivity index (χ2v) is 5.07. The van der Waals surface area contributed by atoms with E-state index in [0.717, 1.165) is 5.39 Å². The summed E-state index contributed by atoms with van der Waals surface area (Å²) in [6.07, 6.45) is 0. The van der Waals surface area contributed by atoms with E-state index in [-0.39, 0.29) is 11.3 Å². The van der Waals surface area contributed by atoms with Crippen LogP contribution in [0.2, 0.25) is 0 Å². The van der Waals surface area contributed by atoms with E-state index in [0.29, 0.717) is 22.3 Å². The highest BCUT2D eigenvalue weighted by molar-refractivity contribution is 6.20. The molecule has 0 bridgehead atoms. The van der Waals surface area contributed by atoms with E-state index in [4.69, 9.17) is 4.74 Å². The highest BCUT2D eigenvalue weighted by atomic mass is 16.5. The Morgan fingerprint density at radius 3 is 2.04 bits per heavy atom. The predicted octanol–water partition coefficient (Wildman–Crippen LogP) is 3.78. The van der Waals surface area contributed by atoms with E-state index in [1.54, 1.807) is 61.7 Å². The molecular formula is C19H14O4. The summed E-state index contributed by atoms with van der Waals surface area (Å²) in [5.74, 6) is -0.608. The van der Waals surface area contributed by atoms with Crippen molar-refractivity contribution in [1.29, 1.82) is 0 Å². The molecule has 0 spiro atoms. The highest BCUT2D eigenvalue weighted by Gasteiger charge is 2.17. The molecule has 4 nitrogen and oxygen atoms in total. The average Bonchev–Trinajstić information content (AvgIpc) is 2.60. The third kappa shape index (κ3) is 2.66. The smallest absolute Gasteiger partial charge is 0.336 e. The molecule has 0 aliphatic rings. The van der Waals surface area contributed by atoms with E-state index >= 15 is 0 Å². The van der Waals surface area contributed by atoms with Gasteiger partial charge in [-0.3, -0.25) is 4.79 Å². The number of rotatable bonds is 4. The van der Waals surface area contributed by atoms with Crippen LogP contribution in [-0.2, 0) is 0 Å². The van der Waals surface area contributed by atoms with Crippen LogP contribution >= 0.6 is 0 Å². The fourth-order valence-corrected chi connectivity index (χ4v) is 2.61. The lowest BCUT2D eigenvalue weighted by Crippen LogP contribution is -2.06. The number of aromatic carboxylic acids is 1. The van der Waals surface area contributed by atoms with Gasteiger partial charge in [0, 0.05) is 16.5 Å². The normalized spacial score (nSPS) is 10.5. The van der Waals surface area contributed by atoms with E-state index in [1.807, 2.05) is 0 Å². The lowest BCUT2D eigenvalue weighted by Gasteiger charge is -2.09. The second-order valence-electron chi connectivity index (χ2n) is 5.07. The molecule has 1 N–H and O–H groups in total. The Hall–Kier alpha value is -3.14. The lowest BCUT2D eigenvalue weighted by molar-refractivity contribution is 0.0699. The third-order valence-corrected chi connectivity index (χ3v) is 3.73. The van der Waals surface area contributed by atoms with Crippen molar-refractivity contribution >= 4 is 22.5 Å². The first-order chi connectivity index (χ1) is 11.1. The molecule has 0 fully saturated rings. The molecular weight excluding hydrogens is 292 g/mol. The van der Waals surface area contributed by atoms with Gasteiger partial charge < -0.3 is 9.84 Å². The van der Waals surface area contributed by atoms with Crippen LogP contribution in [-0.4, -0.2) is 24.0 Å². The molecule has 23 heavy (non-hydrogen) atoms. The van der Waals surface area contributed by atoms with Gasteiger partial charge in [0.05, 0.1) is 12.7 Å². The molecule has 0 radical (unpaired) electrons. The predicted molar refractivity (Wildman–Crippen MR) is 87.3 cm³/mol. The number of fused-ring (bicyclic) bond motifs is 1. The maximum Gasteiger partial charge on any atom is 0.336 e. The van der Waals surface area contributed by atoms with Crippen LogP contribution in [0.5, 0.6) is 5.75 Å². The topological polar surface area (TPSA) is 63.6 Å². The minimum Gasteiger partial charge on any atom is -0.497 e. The molecule has 3 aromatic rings. The van der Waals surface area contributed by atoms with Crippen LogP contribution in [0.3, 0.4) is 0 Å². The molecule has 114 valence electrons. The van der Waals surface area contributed by atoms with Crippen LogP contribution in [0, 0.1) is 0 Å². The number of hydrogen-bond donors (Lipinski definition) is 1. The largest absolute Gasteiger partial charge is 0.497 e. The van der Waals surface area contributed by atoms with Crippen molar-refractivity contribution < 1.29 is 19.4 Å². The molecule has 3 rings (SSSR count). The molecule has 0 atom stereocenters. The summed E-state index contributed by atoms with van der Waals surface area (Å²) in [6.45, 7) is 0. The Morgan fingerprint density at radius 1 is 0.870 bits per heavy atom. The zero-order chi connectivity index (χ0) is 16.4. The van der Waals surface area contributed by atoms with Gasteiger partial charge in [-0.1, -0.05) is 30.3 Å². The minimum atomic E-state index is -1.05. The summed E-state index contributed by atoms with van der Waals surface area (Å²) in [4.78, 5) is 24.3. The first-order valence-corrected chi connectivity index (χ1v) is 7.05. The van der Waals surface area contributed by atoms with E-state index in [2.05, 4.69) is 0 Å². The van der Waals surface area contributed by atoms with Crippen molar-refractivity contribution in [2.45, 2.75) is 0 Å². The first kappa shape index (κ1) is 14.8. The molecule has 0 amide bonds. The van der Waals surface area contributed by atoms with Crippen molar-refractivity contribution in [2.75, 3.05) is 7.11 Å². The number of ether oxygens (including phenoxy) is 1. The van der Waals surface area contributed by atoms with Gasteiger partial charge in [0.2, 0.25) is 0 Å². The van der Waals surface area contributed by atoms with Gasteiger partial charge in [-0.25, -0.2) is 4.79 Å². The summed E-state index contributed by atoms with van der Waals surface area (Å²) < 4.78 is 5.09. The summed E-state index contributed by atoms with van der Waals surface area (Å²) in [5, 5.41) is 10.6. The van der Waals surface area contributed by atoms with Gasteiger partial charge in [-0.05, 0) is 35.7 Å². The Balaban J connectivity index is 2.18. The lowest BCUT2D eigenvalue weighted by atomic mass is 9.94. The van der Waals surface area contributed by atoms with Crippen LogP contribution in [0.25, 0.3) is 10.8 Å². The van der Waals surface area contributed by atoms with E-state index in [1.165, 1.54) is 6.07 Å². The summed E-state index contributed by atoms with van der Waals surface area (Å²) in [6, 6.07) is 16.9. The van der Waals surface area contributed by atoms with Crippen LogP contribution in [0.1, 0.15) is 26.3 Å². The summed E-state index contributed by atoms with van der Waals surface area (Å²) in [5.41, 5.74) is 0.990. The van der Waals surface area contributed by atoms with Crippen molar-refractivity contribution in [3.63, 3.8) is 0 Å². The van der Waals surface area contributed by atoms with Crippen molar-refractivity contribution in [3.05, 3.63) is 77.4 Å². The van der Waals surface area contributed by atoms with Crippen LogP contribution in [0.15, 0.2) is 60.7 Å². The molecule has 0 saturated carbocycles. The molecule has 0 saturated heterocycles. The number of methoxy groups -OCH3 is 1. The van der Waals surface area contributed by atoms with E-state index in [9.17, 15) is 14.7 Å². The monoisotopic (exact) mass is 306 g/mol. The number of carbonyl (C=O) groups excluding carboxylic acids is 1. The third-order valence-electron chi connectivity index (χ3n) is 3.73. The molecule has 0 heterocycles. The minimum absolute atomic E-state index is 0.125. The van der Waals surface area contributed by atoms with Gasteiger partial charge in [0.15, 0.2) is 5.78 Å². The molecule has 3 aromatic carbocycles. The van der Waals surface area contributed by atoms with Gasteiger partial charge in [0.25, 0.3) is 0 Å². The number of carbonyl (C=O) groups is 2. The van der Waals surface area contributed by atoms with Crippen LogP contribution < -0.4 is 4.74 Å². The van der Waals surface area contributed by atoms with Crippen molar-refractivity contribution in [1.82, 2.24) is 0 Å². The van der Waals surface area contributed by atoms with E-state index < -0.39 is 5.97 Å². The molecule has 0 aromatic heterocycles. The zero-order valence-electron chi connectivity index (χ0n) is 12.4. The average molecular weight is 306 g/mol. The first-order valence-electron chi connectivity index (χ1n) is 7.05. The standard InChI is InChI=1S/C19H14O4/c1-23-14-10-8-13(9-11-14)18(20)15-6-2-4-12-5-3-7-16(17(12)15)19(21)22/h2-11H,1H3,(H,21,22). The van der Waals surface area contributed by atoms with Gasteiger partial charge >= 0.3 is 5.97 Å². The summed E-state index contributed by atoms with van der Waals surface area (Å²) in [7, 11) is 1.56. The number of benzene rings is 3. The number of ketones is 1. The fraction of sp³-hybridized carbons (Fsp3) is 0.0526. The zero-order valence-corrected chi connectivity index (χ0v) is 12.4. The Morgan fingerprint density at radius 2 is 1.48 bits per heavy atom. The molecule has 4 heteroatoms. The van der Waals surface area contributed by atoms with Crippen molar-refractivity contribution in [3.8, 4) is 5.75 Å². The van der Waals surface area contributed by atoms with Gasteiger partial charge in [-0.15, -0.1) is 0 Å². The van der Waals surface area contributed by atoms with Crippen LogP contribution in [0.4, 0.5) is 0 Å². The maximum atomic E-state index is 12.8. The Bertz CT molecular complexity index is 890. The fourth-order valence-electron chi connectivity index (χ4n) is 2.61. The molecule has 0 aliphatic heterocycles. The van der Waals surface area contributed by atoms with Crippen molar-refractivity contribution in [2.24, 2.45) is 0 Å². The maximum absolute atomic E-state index is 12.8. The number of carboxylic acid groups (broad SMARTS) is 1. The molecule has 0 unspecified atom stereocenters. The SMILES string of the molecule is COc1ccc(C(=O)c2cccc3cccc(C(=O)O)c23)cc1. The second kappa shape index (κ2) is 5.93. The Kier molecular flexibility index (Phi) is 3.81. The quantitative estimate of drug-likeness (QED) is 0.745. The van der Waals surface area contributed by atoms with Gasteiger partial charge in [-0.2, -0.15) is 0 Å². The van der Waals surface area contributed by atoms with Gasteiger partial charge in [0.1, 0.15) is 5.75 Å². The number of hydrogen-bond acceptors (Lipinski definition) is 3. The number of carboxylic acids is 1. The highest BCUT2D eigenvalue weighted by Crippen LogP contribution is 2.26. The Labute approximate surface area is 132 Å².